The standard InChI is InChI=1S/C21H31FO3/c1-12(23)25-19-7-6-15-14-5-4-13-10-18(24)17(22)11-21(13,3)16(14)8-9-20(15,19)2/h13-17,19H,4-11H2,1-3H3/t13-,14-,15-,16-,17-,19+,20-,21-/m0/s1. The van der Waals surface area contributed by atoms with Crippen molar-refractivity contribution in [3.63, 3.8) is 0 Å². The first kappa shape index (κ1) is 17.5. The number of carbonyl (C=O) groups excluding carboxylic acids is 2. The second-order valence-corrected chi connectivity index (χ2v) is 9.72. The van der Waals surface area contributed by atoms with E-state index in [1.165, 1.54) is 6.92 Å². The van der Waals surface area contributed by atoms with Gasteiger partial charge in [0.2, 0.25) is 0 Å². The van der Waals surface area contributed by atoms with Crippen molar-refractivity contribution < 1.29 is 18.7 Å². The molecule has 0 aromatic carbocycles. The van der Waals surface area contributed by atoms with Crippen LogP contribution in [0.4, 0.5) is 4.39 Å². The lowest BCUT2D eigenvalue weighted by molar-refractivity contribution is -0.164. The van der Waals surface area contributed by atoms with Gasteiger partial charge in [0.25, 0.3) is 0 Å². The quantitative estimate of drug-likeness (QED) is 0.655. The van der Waals surface area contributed by atoms with Crippen LogP contribution in [-0.2, 0) is 14.3 Å². The molecule has 0 bridgehead atoms. The van der Waals surface area contributed by atoms with Gasteiger partial charge in [-0.1, -0.05) is 13.8 Å². The van der Waals surface area contributed by atoms with Crippen molar-refractivity contribution in [2.24, 2.45) is 34.5 Å². The molecule has 140 valence electrons. The summed E-state index contributed by atoms with van der Waals surface area (Å²) in [5.41, 5.74) is 0.0483. The average molecular weight is 350 g/mol. The molecule has 0 radical (unpaired) electrons. The van der Waals surface area contributed by atoms with Crippen molar-refractivity contribution in [2.75, 3.05) is 0 Å². The first-order chi connectivity index (χ1) is 11.8. The van der Waals surface area contributed by atoms with Crippen molar-refractivity contribution in [3.05, 3.63) is 0 Å². The van der Waals surface area contributed by atoms with Crippen LogP contribution >= 0.6 is 0 Å². The van der Waals surface area contributed by atoms with E-state index in [0.29, 0.717) is 36.5 Å². The molecule has 0 heterocycles. The van der Waals surface area contributed by atoms with Crippen LogP contribution in [0.5, 0.6) is 0 Å². The smallest absolute Gasteiger partial charge is 0.302 e. The number of carbonyl (C=O) groups is 2. The van der Waals surface area contributed by atoms with Crippen molar-refractivity contribution in [2.45, 2.75) is 84.4 Å². The minimum atomic E-state index is -1.26. The van der Waals surface area contributed by atoms with Gasteiger partial charge in [0.15, 0.2) is 12.0 Å². The third-order valence-electron chi connectivity index (χ3n) is 8.70. The second-order valence-electron chi connectivity index (χ2n) is 9.72. The molecule has 0 amide bonds. The lowest BCUT2D eigenvalue weighted by Crippen LogP contribution is -2.56. The van der Waals surface area contributed by atoms with Gasteiger partial charge in [-0.25, -0.2) is 4.39 Å². The Morgan fingerprint density at radius 1 is 1.08 bits per heavy atom. The minimum absolute atomic E-state index is 0.0307. The van der Waals surface area contributed by atoms with Crippen LogP contribution in [0.25, 0.3) is 0 Å². The SMILES string of the molecule is CC(=O)O[C@@H]1CC[C@H]2[C@@H]3CC[C@H]4CC(=O)[C@@H](F)C[C@]4(C)[C@H]3CC[C@]12C. The third-order valence-corrected chi connectivity index (χ3v) is 8.70. The fourth-order valence-electron chi connectivity index (χ4n) is 7.40. The number of ketones is 1. The molecular formula is C21H31FO3. The molecule has 0 aliphatic heterocycles. The maximum Gasteiger partial charge on any atom is 0.302 e. The van der Waals surface area contributed by atoms with Crippen LogP contribution in [0, 0.1) is 34.5 Å². The second kappa shape index (κ2) is 5.79. The number of rotatable bonds is 1. The van der Waals surface area contributed by atoms with Crippen LogP contribution in [-0.4, -0.2) is 24.0 Å². The van der Waals surface area contributed by atoms with Crippen LogP contribution < -0.4 is 0 Å². The molecule has 25 heavy (non-hydrogen) atoms. The normalized spacial score (nSPS) is 52.1. The number of ether oxygens (including phenoxy) is 1. The number of hydrogen-bond donors (Lipinski definition) is 0. The van der Waals surface area contributed by atoms with Gasteiger partial charge in [0, 0.05) is 18.8 Å². The summed E-state index contributed by atoms with van der Waals surface area (Å²) < 4.78 is 20.0. The van der Waals surface area contributed by atoms with Gasteiger partial charge in [0.05, 0.1) is 0 Å². The van der Waals surface area contributed by atoms with E-state index in [2.05, 4.69) is 13.8 Å². The highest BCUT2D eigenvalue weighted by Gasteiger charge is 2.61. The van der Waals surface area contributed by atoms with E-state index in [1.807, 2.05) is 0 Å². The molecule has 0 saturated heterocycles. The minimum Gasteiger partial charge on any atom is -0.462 e. The van der Waals surface area contributed by atoms with E-state index in [4.69, 9.17) is 4.74 Å². The molecule has 4 heteroatoms. The Kier molecular flexibility index (Phi) is 4.05. The summed E-state index contributed by atoms with van der Waals surface area (Å²) in [5.74, 6) is 1.72. The molecule has 3 nitrogen and oxygen atoms in total. The molecule has 4 fully saturated rings. The van der Waals surface area contributed by atoms with Crippen molar-refractivity contribution >= 4 is 11.8 Å². The largest absolute Gasteiger partial charge is 0.462 e. The molecule has 0 spiro atoms. The summed E-state index contributed by atoms with van der Waals surface area (Å²) in [7, 11) is 0. The predicted octanol–water partition coefficient (Wildman–Crippen LogP) is 4.48. The Morgan fingerprint density at radius 2 is 1.80 bits per heavy atom. The lowest BCUT2D eigenvalue weighted by Gasteiger charge is -2.60. The number of esters is 1. The fraction of sp³-hybridized carbons (Fsp3) is 0.905. The van der Waals surface area contributed by atoms with E-state index in [9.17, 15) is 14.0 Å². The van der Waals surface area contributed by atoms with Gasteiger partial charge >= 0.3 is 5.97 Å². The molecule has 0 unspecified atom stereocenters. The fourth-order valence-corrected chi connectivity index (χ4v) is 7.40. The number of halogens is 1. The Bertz CT molecular complexity index is 590. The van der Waals surface area contributed by atoms with Crippen molar-refractivity contribution in [1.29, 1.82) is 0 Å². The van der Waals surface area contributed by atoms with Crippen molar-refractivity contribution in [3.8, 4) is 0 Å². The van der Waals surface area contributed by atoms with Crippen LogP contribution in [0.1, 0.15) is 72.1 Å². The van der Waals surface area contributed by atoms with E-state index < -0.39 is 6.17 Å². The Labute approximate surface area is 150 Å². The summed E-state index contributed by atoms with van der Waals surface area (Å²) in [6.07, 6.45) is 6.10. The van der Waals surface area contributed by atoms with Gasteiger partial charge in [-0.15, -0.1) is 0 Å². The number of alkyl halides is 1. The topological polar surface area (TPSA) is 43.4 Å². The van der Waals surface area contributed by atoms with Crippen LogP contribution in [0.3, 0.4) is 0 Å². The maximum atomic E-state index is 14.3. The summed E-state index contributed by atoms with van der Waals surface area (Å²) in [4.78, 5) is 23.4. The zero-order valence-electron chi connectivity index (χ0n) is 15.7. The van der Waals surface area contributed by atoms with Gasteiger partial charge in [-0.3, -0.25) is 9.59 Å². The predicted molar refractivity (Wildman–Crippen MR) is 92.6 cm³/mol. The highest BCUT2D eigenvalue weighted by Crippen LogP contribution is 2.66. The van der Waals surface area contributed by atoms with Gasteiger partial charge in [0.1, 0.15) is 6.10 Å². The van der Waals surface area contributed by atoms with Crippen molar-refractivity contribution in [1.82, 2.24) is 0 Å². The van der Waals surface area contributed by atoms with Gasteiger partial charge < -0.3 is 4.74 Å². The summed E-state index contributed by atoms with van der Waals surface area (Å²) in [6.45, 7) is 6.08. The maximum absolute atomic E-state index is 14.3. The summed E-state index contributed by atoms with van der Waals surface area (Å²) >= 11 is 0. The monoisotopic (exact) mass is 350 g/mol. The summed E-state index contributed by atoms with van der Waals surface area (Å²) in [6, 6.07) is 0. The third kappa shape index (κ3) is 2.49. The first-order valence-electron chi connectivity index (χ1n) is 10.1. The molecule has 4 aliphatic carbocycles. The van der Waals surface area contributed by atoms with E-state index in [-0.39, 0.29) is 28.7 Å². The van der Waals surface area contributed by atoms with E-state index in [1.54, 1.807) is 0 Å². The first-order valence-corrected chi connectivity index (χ1v) is 10.1. The van der Waals surface area contributed by atoms with Gasteiger partial charge in [-0.2, -0.15) is 0 Å². The summed E-state index contributed by atoms with van der Waals surface area (Å²) in [5, 5.41) is 0. The Hall–Kier alpha value is -0.930. The number of fused-ring (bicyclic) bond motifs is 5. The zero-order valence-corrected chi connectivity index (χ0v) is 15.7. The molecule has 4 aliphatic rings. The molecule has 0 N–H and O–H groups in total. The molecule has 4 saturated carbocycles. The lowest BCUT2D eigenvalue weighted by atomic mass is 9.45. The molecule has 0 aromatic rings. The number of hydrogen-bond acceptors (Lipinski definition) is 3. The van der Waals surface area contributed by atoms with Gasteiger partial charge in [-0.05, 0) is 74.0 Å². The van der Waals surface area contributed by atoms with E-state index >= 15 is 0 Å². The highest BCUT2D eigenvalue weighted by atomic mass is 19.1. The average Bonchev–Trinajstić information content (AvgIpc) is 2.85. The highest BCUT2D eigenvalue weighted by molar-refractivity contribution is 5.84. The molecule has 8 atom stereocenters. The molecule has 0 aromatic heterocycles. The van der Waals surface area contributed by atoms with Crippen LogP contribution in [0.15, 0.2) is 0 Å². The Morgan fingerprint density at radius 3 is 2.52 bits per heavy atom. The zero-order chi connectivity index (χ0) is 18.0. The molecular weight excluding hydrogens is 319 g/mol. The molecule has 4 rings (SSSR count). The number of Topliss-reactive ketones (excluding diaryl/α,β-unsaturated/α-hetero) is 1. The van der Waals surface area contributed by atoms with Crippen LogP contribution in [0.2, 0.25) is 0 Å². The Balaban J connectivity index is 1.59. The van der Waals surface area contributed by atoms with E-state index in [0.717, 1.165) is 38.5 Å².